The minimum absolute atomic E-state index is 0.353. The molecule has 166 valence electrons. The third kappa shape index (κ3) is 4.90. The molecule has 4 nitrogen and oxygen atoms in total. The number of likely N-dealkylation sites (tertiary alicyclic amines) is 1. The van der Waals surface area contributed by atoms with Gasteiger partial charge in [0.05, 0.1) is 11.6 Å². The van der Waals surface area contributed by atoms with Gasteiger partial charge in [0, 0.05) is 13.1 Å². The van der Waals surface area contributed by atoms with Crippen LogP contribution in [0.3, 0.4) is 0 Å². The molecule has 0 saturated carbocycles. The van der Waals surface area contributed by atoms with Crippen molar-refractivity contribution >= 4 is 6.29 Å². The lowest BCUT2D eigenvalue weighted by molar-refractivity contribution is -0.115. The summed E-state index contributed by atoms with van der Waals surface area (Å²) in [6.45, 7) is 3.55. The molecule has 1 fully saturated rings. The summed E-state index contributed by atoms with van der Waals surface area (Å²) in [5, 5.41) is 11.0. The molecule has 1 N–H and O–H groups in total. The Kier molecular flexibility index (Phi) is 6.68. The Bertz CT molecular complexity index is 1060. The van der Waals surface area contributed by atoms with Gasteiger partial charge in [0.15, 0.2) is 0 Å². The van der Waals surface area contributed by atoms with Gasteiger partial charge in [0.2, 0.25) is 0 Å². The number of hydrogen-bond acceptors (Lipinski definition) is 4. The van der Waals surface area contributed by atoms with Crippen molar-refractivity contribution in [1.29, 1.82) is 0 Å². The predicted molar refractivity (Wildman–Crippen MR) is 122 cm³/mol. The molecular formula is C27H28FNO3. The first kappa shape index (κ1) is 22.2. The van der Waals surface area contributed by atoms with Crippen LogP contribution in [0.4, 0.5) is 4.39 Å². The zero-order valence-corrected chi connectivity index (χ0v) is 18.2. The van der Waals surface area contributed by atoms with Gasteiger partial charge in [-0.05, 0) is 60.2 Å². The topological polar surface area (TPSA) is 49.8 Å². The van der Waals surface area contributed by atoms with E-state index in [0.717, 1.165) is 28.7 Å². The van der Waals surface area contributed by atoms with E-state index in [9.17, 15) is 14.3 Å². The number of carbonyl (C=O) groups excluding carboxylic acids is 1. The summed E-state index contributed by atoms with van der Waals surface area (Å²) < 4.78 is 19.6. The second kappa shape index (κ2) is 9.63. The summed E-state index contributed by atoms with van der Waals surface area (Å²) in [5.74, 6) is 0.440. The Morgan fingerprint density at radius 1 is 1.06 bits per heavy atom. The number of benzene rings is 3. The molecule has 3 aromatic carbocycles. The molecule has 0 aromatic heterocycles. The molecule has 0 radical (unpaired) electrons. The molecule has 1 aliphatic rings. The van der Waals surface area contributed by atoms with E-state index in [-0.39, 0.29) is 5.82 Å². The highest BCUT2D eigenvalue weighted by Crippen LogP contribution is 2.36. The Morgan fingerprint density at radius 2 is 1.81 bits per heavy atom. The van der Waals surface area contributed by atoms with Gasteiger partial charge in [-0.2, -0.15) is 0 Å². The molecule has 0 aliphatic carbocycles. The smallest absolute Gasteiger partial charge is 0.141 e. The van der Waals surface area contributed by atoms with E-state index >= 15 is 0 Å². The fourth-order valence-corrected chi connectivity index (χ4v) is 4.37. The monoisotopic (exact) mass is 433 g/mol. The number of piperidine rings is 1. The minimum atomic E-state index is -1.07. The van der Waals surface area contributed by atoms with Crippen molar-refractivity contribution < 1.29 is 19.0 Å². The van der Waals surface area contributed by atoms with Gasteiger partial charge in [-0.15, -0.1) is 0 Å². The second-order valence-electron chi connectivity index (χ2n) is 8.46. The number of aliphatic hydroxyl groups is 1. The Morgan fingerprint density at radius 3 is 2.47 bits per heavy atom. The van der Waals surface area contributed by atoms with Gasteiger partial charge in [0.1, 0.15) is 24.5 Å². The average molecular weight is 434 g/mol. The van der Waals surface area contributed by atoms with Crippen LogP contribution in [0.25, 0.3) is 0 Å². The highest BCUT2D eigenvalue weighted by atomic mass is 19.1. The van der Waals surface area contributed by atoms with Crippen LogP contribution in [0.15, 0.2) is 72.8 Å². The molecular weight excluding hydrogens is 405 g/mol. The predicted octanol–water partition coefficient (Wildman–Crippen LogP) is 4.94. The number of ether oxygens (including phenoxy) is 1. The summed E-state index contributed by atoms with van der Waals surface area (Å²) in [4.78, 5) is 14.1. The number of halogens is 1. The van der Waals surface area contributed by atoms with E-state index < -0.39 is 11.6 Å². The van der Waals surface area contributed by atoms with Gasteiger partial charge in [-0.3, -0.25) is 4.90 Å². The maximum absolute atomic E-state index is 13.6. The van der Waals surface area contributed by atoms with Crippen molar-refractivity contribution in [2.75, 3.05) is 13.1 Å². The van der Waals surface area contributed by atoms with Crippen LogP contribution in [0.1, 0.15) is 41.1 Å². The summed E-state index contributed by atoms with van der Waals surface area (Å²) in [6.07, 6.45) is 1.84. The second-order valence-corrected chi connectivity index (χ2v) is 8.46. The summed E-state index contributed by atoms with van der Waals surface area (Å²) in [7, 11) is 0. The van der Waals surface area contributed by atoms with Crippen molar-refractivity contribution in [3.8, 4) is 5.75 Å². The van der Waals surface area contributed by atoms with Crippen molar-refractivity contribution in [2.24, 2.45) is 0 Å². The first-order chi connectivity index (χ1) is 15.5. The highest BCUT2D eigenvalue weighted by molar-refractivity contribution is 5.62. The molecule has 1 heterocycles. The number of aldehydes is 1. The Balaban J connectivity index is 1.42. The number of rotatable bonds is 7. The highest BCUT2D eigenvalue weighted by Gasteiger charge is 2.36. The van der Waals surface area contributed by atoms with E-state index in [1.54, 1.807) is 12.1 Å². The molecule has 1 unspecified atom stereocenters. The summed E-state index contributed by atoms with van der Waals surface area (Å²) in [5.41, 5.74) is 2.49. The quantitative estimate of drug-likeness (QED) is 0.537. The third-order valence-electron chi connectivity index (χ3n) is 6.29. The normalized spacial score (nSPS) is 17.0. The first-order valence-electron chi connectivity index (χ1n) is 10.9. The molecule has 4 rings (SSSR count). The van der Waals surface area contributed by atoms with Gasteiger partial charge < -0.3 is 14.6 Å². The van der Waals surface area contributed by atoms with Gasteiger partial charge in [-0.1, -0.05) is 54.6 Å². The largest absolute Gasteiger partial charge is 0.489 e. The molecule has 3 aromatic rings. The number of nitrogens with zero attached hydrogens (tertiary/aromatic N) is 1. The zero-order valence-electron chi connectivity index (χ0n) is 18.2. The van der Waals surface area contributed by atoms with Gasteiger partial charge in [0.25, 0.3) is 0 Å². The standard InChI is InChI=1S/C27H28FNO3/c1-20-16-22(10-11-26(20)32-19-21-6-3-2-4-7-21)25(18-30)29-14-12-27(31,13-15-29)23-8-5-9-24(28)17-23/h2-11,16-18,25,31H,12-15,19H2,1H3. The van der Waals surface area contributed by atoms with Crippen molar-refractivity contribution in [3.63, 3.8) is 0 Å². The molecule has 0 spiro atoms. The molecule has 0 amide bonds. The van der Waals surface area contributed by atoms with Crippen LogP contribution in [-0.2, 0) is 17.0 Å². The van der Waals surface area contributed by atoms with Crippen molar-refractivity contribution in [1.82, 2.24) is 4.90 Å². The fourth-order valence-electron chi connectivity index (χ4n) is 4.37. The maximum atomic E-state index is 13.6. The van der Waals surface area contributed by atoms with E-state index in [4.69, 9.17) is 4.74 Å². The lowest BCUT2D eigenvalue weighted by atomic mass is 9.83. The molecule has 0 bridgehead atoms. The lowest BCUT2D eigenvalue weighted by Gasteiger charge is -2.40. The van der Waals surface area contributed by atoms with Crippen LogP contribution < -0.4 is 4.74 Å². The fraction of sp³-hybridized carbons (Fsp3) is 0.296. The van der Waals surface area contributed by atoms with E-state index in [1.807, 2.05) is 55.5 Å². The average Bonchev–Trinajstić information content (AvgIpc) is 2.81. The lowest BCUT2D eigenvalue weighted by Crippen LogP contribution is -2.44. The summed E-state index contributed by atoms with van der Waals surface area (Å²) >= 11 is 0. The maximum Gasteiger partial charge on any atom is 0.141 e. The molecule has 5 heteroatoms. The van der Waals surface area contributed by atoms with Crippen LogP contribution in [0.5, 0.6) is 5.75 Å². The van der Waals surface area contributed by atoms with Crippen LogP contribution in [0, 0.1) is 12.7 Å². The van der Waals surface area contributed by atoms with Crippen LogP contribution >= 0.6 is 0 Å². The molecule has 1 aliphatic heterocycles. The van der Waals surface area contributed by atoms with Crippen LogP contribution in [0.2, 0.25) is 0 Å². The van der Waals surface area contributed by atoms with E-state index in [0.29, 0.717) is 38.1 Å². The molecule has 32 heavy (non-hydrogen) atoms. The van der Waals surface area contributed by atoms with Crippen molar-refractivity contribution in [2.45, 2.75) is 38.0 Å². The SMILES string of the molecule is Cc1cc(C(C=O)N2CCC(O)(c3cccc(F)c3)CC2)ccc1OCc1ccccc1. The minimum Gasteiger partial charge on any atom is -0.489 e. The zero-order chi connectivity index (χ0) is 22.6. The molecule has 1 atom stereocenters. The van der Waals surface area contributed by atoms with Gasteiger partial charge >= 0.3 is 0 Å². The van der Waals surface area contributed by atoms with Gasteiger partial charge in [-0.25, -0.2) is 4.39 Å². The van der Waals surface area contributed by atoms with Crippen LogP contribution in [-0.4, -0.2) is 29.4 Å². The Hall–Kier alpha value is -3.02. The Labute approximate surface area is 188 Å². The number of hydrogen-bond donors (Lipinski definition) is 1. The summed E-state index contributed by atoms with van der Waals surface area (Å²) in [6, 6.07) is 21.6. The number of carbonyl (C=O) groups is 1. The number of aryl methyl sites for hydroxylation is 1. The third-order valence-corrected chi connectivity index (χ3v) is 6.29. The first-order valence-corrected chi connectivity index (χ1v) is 10.9. The van der Waals surface area contributed by atoms with E-state index in [1.165, 1.54) is 12.1 Å². The molecule has 1 saturated heterocycles. The van der Waals surface area contributed by atoms with E-state index in [2.05, 4.69) is 4.90 Å². The van der Waals surface area contributed by atoms with Crippen molar-refractivity contribution in [3.05, 3.63) is 101 Å².